The van der Waals surface area contributed by atoms with Crippen molar-refractivity contribution in [3.8, 4) is 0 Å². The average Bonchev–Trinajstić information content (AvgIpc) is 3.20. The van der Waals surface area contributed by atoms with Gasteiger partial charge in [-0.1, -0.05) is 72.8 Å². The first-order chi connectivity index (χ1) is 14.3. The number of para-hydroxylation sites is 1. The smallest absolute Gasteiger partial charge is 0.223 e. The van der Waals surface area contributed by atoms with Crippen LogP contribution in [0, 0.1) is 0 Å². The summed E-state index contributed by atoms with van der Waals surface area (Å²) in [5, 5.41) is 1.21. The highest BCUT2D eigenvalue weighted by atomic mass is 16.2. The predicted octanol–water partition coefficient (Wildman–Crippen LogP) is 5.27. The molecule has 1 aromatic heterocycles. The lowest BCUT2D eigenvalue weighted by molar-refractivity contribution is -0.132. The van der Waals surface area contributed by atoms with E-state index in [1.54, 1.807) is 0 Å². The van der Waals surface area contributed by atoms with Crippen molar-refractivity contribution < 1.29 is 4.79 Å². The Hall–Kier alpha value is -3.33. The molecule has 3 nitrogen and oxygen atoms in total. The van der Waals surface area contributed by atoms with E-state index >= 15 is 0 Å². The molecule has 0 aliphatic carbocycles. The van der Waals surface area contributed by atoms with Crippen LogP contribution < -0.4 is 0 Å². The predicted molar refractivity (Wildman–Crippen MR) is 117 cm³/mol. The molecular weight excluding hydrogens is 356 g/mol. The molecule has 1 unspecified atom stereocenters. The van der Waals surface area contributed by atoms with E-state index in [2.05, 4.69) is 65.6 Å². The molecule has 0 spiro atoms. The maximum absolute atomic E-state index is 13.1. The monoisotopic (exact) mass is 380 g/mol. The summed E-state index contributed by atoms with van der Waals surface area (Å²) in [5.74, 6) is 0.462. The van der Waals surface area contributed by atoms with Gasteiger partial charge in [-0.05, 0) is 34.7 Å². The van der Waals surface area contributed by atoms with E-state index in [1.165, 1.54) is 27.6 Å². The minimum atomic E-state index is 0.228. The Morgan fingerprint density at radius 1 is 0.931 bits per heavy atom. The third-order valence-electron chi connectivity index (χ3n) is 6.03. The molecule has 1 aliphatic rings. The lowest BCUT2D eigenvalue weighted by atomic mass is 9.84. The van der Waals surface area contributed by atoms with E-state index in [0.29, 0.717) is 13.0 Å². The Balaban J connectivity index is 1.36. The van der Waals surface area contributed by atoms with Crippen molar-refractivity contribution in [3.63, 3.8) is 0 Å². The molecule has 3 heteroatoms. The van der Waals surface area contributed by atoms with Gasteiger partial charge in [-0.2, -0.15) is 0 Å². The SMILES string of the molecule is O=C(CCc1c[nH]c2ccccc12)N1Cc2ccccc2C(c2ccccc2)C1. The van der Waals surface area contributed by atoms with Crippen LogP contribution in [0.2, 0.25) is 0 Å². The number of carbonyl (C=O) groups excluding carboxylic acids is 1. The number of rotatable bonds is 4. The zero-order chi connectivity index (χ0) is 19.6. The van der Waals surface area contributed by atoms with Gasteiger partial charge >= 0.3 is 0 Å². The fourth-order valence-corrected chi connectivity index (χ4v) is 4.51. The first-order valence-electron chi connectivity index (χ1n) is 10.2. The molecule has 1 aliphatic heterocycles. The van der Waals surface area contributed by atoms with Gasteiger partial charge in [0.25, 0.3) is 0 Å². The second-order valence-electron chi connectivity index (χ2n) is 7.80. The third-order valence-corrected chi connectivity index (χ3v) is 6.03. The standard InChI is InChI=1S/C26H24N2O/c29-26(15-14-20-16-27-25-13-7-6-12-23(20)25)28-17-21-10-4-5-11-22(21)24(18-28)19-8-2-1-3-9-19/h1-13,16,24,27H,14-15,17-18H2. The van der Waals surface area contributed by atoms with E-state index in [-0.39, 0.29) is 11.8 Å². The molecule has 5 rings (SSSR count). The molecule has 144 valence electrons. The average molecular weight is 380 g/mol. The van der Waals surface area contributed by atoms with Gasteiger partial charge in [0.05, 0.1) is 0 Å². The maximum Gasteiger partial charge on any atom is 0.223 e. The van der Waals surface area contributed by atoms with Crippen molar-refractivity contribution >= 4 is 16.8 Å². The van der Waals surface area contributed by atoms with Gasteiger partial charge in [0.15, 0.2) is 0 Å². The number of hydrogen-bond donors (Lipinski definition) is 1. The van der Waals surface area contributed by atoms with Gasteiger partial charge in [-0.25, -0.2) is 0 Å². The lowest BCUT2D eigenvalue weighted by Crippen LogP contribution is -2.38. The molecule has 0 bridgehead atoms. The van der Waals surface area contributed by atoms with Crippen LogP contribution in [0.5, 0.6) is 0 Å². The topological polar surface area (TPSA) is 36.1 Å². The lowest BCUT2D eigenvalue weighted by Gasteiger charge is -2.35. The summed E-state index contributed by atoms with van der Waals surface area (Å²) in [7, 11) is 0. The maximum atomic E-state index is 13.1. The summed E-state index contributed by atoms with van der Waals surface area (Å²) >= 11 is 0. The van der Waals surface area contributed by atoms with Crippen molar-refractivity contribution in [1.29, 1.82) is 0 Å². The molecule has 0 fully saturated rings. The molecule has 29 heavy (non-hydrogen) atoms. The Morgan fingerprint density at radius 3 is 2.59 bits per heavy atom. The second kappa shape index (κ2) is 7.59. The van der Waals surface area contributed by atoms with Gasteiger partial charge in [-0.3, -0.25) is 4.79 Å². The minimum Gasteiger partial charge on any atom is -0.361 e. The highest BCUT2D eigenvalue weighted by molar-refractivity contribution is 5.84. The number of aromatic nitrogens is 1. The molecular formula is C26H24N2O. The quantitative estimate of drug-likeness (QED) is 0.514. The van der Waals surface area contributed by atoms with E-state index < -0.39 is 0 Å². The number of nitrogens with one attached hydrogen (secondary N) is 1. The van der Waals surface area contributed by atoms with Crippen LogP contribution in [0.25, 0.3) is 10.9 Å². The number of benzene rings is 3. The van der Waals surface area contributed by atoms with Crippen molar-refractivity contribution in [2.24, 2.45) is 0 Å². The van der Waals surface area contributed by atoms with Crippen LogP contribution in [0.15, 0.2) is 85.1 Å². The van der Waals surface area contributed by atoms with E-state index in [4.69, 9.17) is 0 Å². The van der Waals surface area contributed by atoms with Gasteiger partial charge in [0.2, 0.25) is 5.91 Å². The highest BCUT2D eigenvalue weighted by Crippen LogP contribution is 2.33. The molecule has 2 heterocycles. The Labute approximate surface area is 171 Å². The third kappa shape index (κ3) is 3.44. The van der Waals surface area contributed by atoms with Crippen LogP contribution in [-0.2, 0) is 17.8 Å². The number of H-pyrrole nitrogens is 1. The zero-order valence-electron chi connectivity index (χ0n) is 16.3. The number of nitrogens with zero attached hydrogens (tertiary/aromatic N) is 1. The van der Waals surface area contributed by atoms with E-state index in [1.807, 2.05) is 29.3 Å². The number of amides is 1. The summed E-state index contributed by atoms with van der Waals surface area (Å²) < 4.78 is 0. The molecule has 3 aromatic carbocycles. The molecule has 1 atom stereocenters. The fourth-order valence-electron chi connectivity index (χ4n) is 4.51. The van der Waals surface area contributed by atoms with Crippen molar-refractivity contribution in [2.45, 2.75) is 25.3 Å². The summed E-state index contributed by atoms with van der Waals surface area (Å²) in [5.41, 5.74) is 6.22. The molecule has 1 amide bonds. The number of carbonyl (C=O) groups is 1. The first kappa shape index (κ1) is 17.7. The van der Waals surface area contributed by atoms with Gasteiger partial charge in [-0.15, -0.1) is 0 Å². The minimum absolute atomic E-state index is 0.228. The van der Waals surface area contributed by atoms with Crippen molar-refractivity contribution in [3.05, 3.63) is 107 Å². The van der Waals surface area contributed by atoms with E-state index in [9.17, 15) is 4.79 Å². The van der Waals surface area contributed by atoms with Crippen molar-refractivity contribution in [1.82, 2.24) is 9.88 Å². The van der Waals surface area contributed by atoms with Crippen molar-refractivity contribution in [2.75, 3.05) is 6.54 Å². The number of hydrogen-bond acceptors (Lipinski definition) is 1. The molecule has 0 saturated carbocycles. The largest absolute Gasteiger partial charge is 0.361 e. The Bertz CT molecular complexity index is 1150. The second-order valence-corrected chi connectivity index (χ2v) is 7.80. The van der Waals surface area contributed by atoms with E-state index in [0.717, 1.165) is 18.5 Å². The Morgan fingerprint density at radius 2 is 1.69 bits per heavy atom. The van der Waals surface area contributed by atoms with Crippen LogP contribution >= 0.6 is 0 Å². The normalized spacial score (nSPS) is 16.0. The number of aryl methyl sites for hydroxylation is 1. The molecule has 1 N–H and O–H groups in total. The molecule has 0 saturated heterocycles. The van der Waals surface area contributed by atoms with Gasteiger partial charge in [0.1, 0.15) is 0 Å². The summed E-state index contributed by atoms with van der Waals surface area (Å²) in [6, 6.07) is 27.4. The fraction of sp³-hybridized carbons (Fsp3) is 0.192. The van der Waals surface area contributed by atoms with Crippen LogP contribution in [0.1, 0.15) is 34.6 Å². The summed E-state index contributed by atoms with van der Waals surface area (Å²) in [6.45, 7) is 1.44. The summed E-state index contributed by atoms with van der Waals surface area (Å²) in [4.78, 5) is 18.5. The highest BCUT2D eigenvalue weighted by Gasteiger charge is 2.28. The summed E-state index contributed by atoms with van der Waals surface area (Å²) in [6.07, 6.45) is 3.33. The number of aromatic amines is 1. The van der Waals surface area contributed by atoms with Gasteiger partial charge < -0.3 is 9.88 Å². The Kier molecular flexibility index (Phi) is 4.65. The molecule has 0 radical (unpaired) electrons. The van der Waals surface area contributed by atoms with Crippen LogP contribution in [0.4, 0.5) is 0 Å². The number of fused-ring (bicyclic) bond motifs is 2. The van der Waals surface area contributed by atoms with Crippen LogP contribution in [-0.4, -0.2) is 22.3 Å². The zero-order valence-corrected chi connectivity index (χ0v) is 16.3. The molecule has 4 aromatic rings. The first-order valence-corrected chi connectivity index (χ1v) is 10.2. The van der Waals surface area contributed by atoms with Gasteiger partial charge in [0, 0.05) is 42.5 Å². The van der Waals surface area contributed by atoms with Crippen LogP contribution in [0.3, 0.4) is 0 Å².